The van der Waals surface area contributed by atoms with Crippen molar-refractivity contribution in [3.05, 3.63) is 66.2 Å². The molecule has 0 aromatic heterocycles. The van der Waals surface area contributed by atoms with Crippen LogP contribution in [0.3, 0.4) is 0 Å². The minimum Gasteiger partial charge on any atom is -0.493 e. The summed E-state index contributed by atoms with van der Waals surface area (Å²) in [6, 6.07) is 17.5. The number of hydrogen-bond donors (Lipinski definition) is 0. The molecular weight excluding hydrogens is 462 g/mol. The first-order chi connectivity index (χ1) is 15.6. The number of fused-ring (bicyclic) bond motifs is 1. The lowest BCUT2D eigenvalue weighted by molar-refractivity contribution is 0.360. The maximum atomic E-state index is 13.6. The van der Waals surface area contributed by atoms with Gasteiger partial charge >= 0.3 is 10.1 Å². The summed E-state index contributed by atoms with van der Waals surface area (Å²) in [6.07, 6.45) is 0. The van der Waals surface area contributed by atoms with Crippen LogP contribution in [0.5, 0.6) is 11.5 Å². The van der Waals surface area contributed by atoms with Gasteiger partial charge in [0.25, 0.3) is 0 Å². The Morgan fingerprint density at radius 2 is 1.58 bits per heavy atom. The van der Waals surface area contributed by atoms with Crippen LogP contribution < -0.4 is 8.92 Å². The first kappa shape index (κ1) is 25.0. The molecule has 7 nitrogen and oxygen atoms in total. The van der Waals surface area contributed by atoms with Gasteiger partial charge in [0.05, 0.1) is 17.8 Å². The van der Waals surface area contributed by atoms with E-state index in [2.05, 4.69) is 0 Å². The van der Waals surface area contributed by atoms with Crippen LogP contribution in [0.25, 0.3) is 10.8 Å². The Morgan fingerprint density at radius 1 is 0.879 bits per heavy atom. The van der Waals surface area contributed by atoms with Crippen molar-refractivity contribution in [3.8, 4) is 11.5 Å². The molecular formula is C24H29NO6S2. The zero-order valence-corrected chi connectivity index (χ0v) is 20.8. The fourth-order valence-corrected chi connectivity index (χ4v) is 5.56. The zero-order chi connectivity index (χ0) is 24.2. The highest BCUT2D eigenvalue weighted by Crippen LogP contribution is 2.31. The van der Waals surface area contributed by atoms with Gasteiger partial charge in [-0.3, -0.25) is 0 Å². The predicted octanol–water partition coefficient (Wildman–Crippen LogP) is 4.42. The Hall–Kier alpha value is -2.62. The highest BCUT2D eigenvalue weighted by molar-refractivity contribution is 7.89. The lowest BCUT2D eigenvalue weighted by atomic mass is 10.1. The van der Waals surface area contributed by atoms with E-state index in [1.807, 2.05) is 38.1 Å². The summed E-state index contributed by atoms with van der Waals surface area (Å²) in [5.74, 6) is 0.165. The lowest BCUT2D eigenvalue weighted by Crippen LogP contribution is -2.33. The van der Waals surface area contributed by atoms with E-state index in [4.69, 9.17) is 8.92 Å². The van der Waals surface area contributed by atoms with Crippen molar-refractivity contribution in [1.29, 1.82) is 0 Å². The molecule has 3 aromatic carbocycles. The van der Waals surface area contributed by atoms with Gasteiger partial charge in [-0.05, 0) is 53.4 Å². The minimum absolute atomic E-state index is 0.0319. The van der Waals surface area contributed by atoms with Gasteiger partial charge in [-0.1, -0.05) is 50.2 Å². The second kappa shape index (κ2) is 10.1. The Labute approximate surface area is 196 Å². The molecule has 0 saturated heterocycles. The number of methoxy groups -OCH3 is 1. The maximum absolute atomic E-state index is 13.6. The molecule has 0 heterocycles. The number of ether oxygens (including phenoxy) is 1. The summed E-state index contributed by atoms with van der Waals surface area (Å²) in [6.45, 7) is 5.72. The van der Waals surface area contributed by atoms with E-state index in [-0.39, 0.29) is 34.6 Å². The van der Waals surface area contributed by atoms with Gasteiger partial charge in [0.15, 0.2) is 11.5 Å². The van der Waals surface area contributed by atoms with Crippen LogP contribution in [-0.4, -0.2) is 40.5 Å². The van der Waals surface area contributed by atoms with Crippen molar-refractivity contribution in [2.75, 3.05) is 19.4 Å². The smallest absolute Gasteiger partial charge is 0.309 e. The average molecular weight is 492 g/mol. The van der Waals surface area contributed by atoms with Crippen molar-refractivity contribution >= 4 is 30.9 Å². The van der Waals surface area contributed by atoms with Crippen LogP contribution in [0, 0.1) is 5.92 Å². The third-order valence-corrected chi connectivity index (χ3v) is 8.03. The van der Waals surface area contributed by atoms with Crippen LogP contribution in [0.15, 0.2) is 65.6 Å². The summed E-state index contributed by atoms with van der Waals surface area (Å²) < 4.78 is 62.9. The molecule has 3 rings (SSSR count). The van der Waals surface area contributed by atoms with Crippen molar-refractivity contribution in [1.82, 2.24) is 4.31 Å². The van der Waals surface area contributed by atoms with Crippen LogP contribution in [-0.2, 0) is 26.7 Å². The standard InChI is InChI=1S/C24H29NO6S2/c1-5-32(26,27)31-24-14-19(10-13-23(24)30-4)17-25(16-18(2)3)33(28,29)22-12-11-20-8-6-7-9-21(20)15-22/h6-15,18H,5,16-17H2,1-4H3. The zero-order valence-electron chi connectivity index (χ0n) is 19.2. The Balaban J connectivity index is 1.99. The minimum atomic E-state index is -3.81. The van der Waals surface area contributed by atoms with E-state index in [9.17, 15) is 16.8 Å². The molecule has 0 radical (unpaired) electrons. The molecule has 0 saturated carbocycles. The third kappa shape index (κ3) is 6.04. The monoisotopic (exact) mass is 491 g/mol. The summed E-state index contributed by atoms with van der Waals surface area (Å²) in [4.78, 5) is 0.209. The van der Waals surface area contributed by atoms with Crippen molar-refractivity contribution in [3.63, 3.8) is 0 Å². The quantitative estimate of drug-likeness (QED) is 0.390. The van der Waals surface area contributed by atoms with Gasteiger partial charge in [-0.15, -0.1) is 0 Å². The van der Waals surface area contributed by atoms with Crippen molar-refractivity contribution in [2.45, 2.75) is 32.2 Å². The third-order valence-electron chi connectivity index (χ3n) is 5.08. The van der Waals surface area contributed by atoms with Crippen LogP contribution in [0.4, 0.5) is 0 Å². The van der Waals surface area contributed by atoms with Gasteiger partial charge in [0, 0.05) is 13.1 Å². The van der Waals surface area contributed by atoms with E-state index in [0.717, 1.165) is 10.8 Å². The molecule has 0 spiro atoms. The molecule has 0 atom stereocenters. The van der Waals surface area contributed by atoms with Crippen molar-refractivity contribution < 1.29 is 25.8 Å². The van der Waals surface area contributed by atoms with Crippen LogP contribution in [0.2, 0.25) is 0 Å². The van der Waals surface area contributed by atoms with Crippen molar-refractivity contribution in [2.24, 2.45) is 5.92 Å². The first-order valence-corrected chi connectivity index (χ1v) is 13.7. The number of hydrogen-bond acceptors (Lipinski definition) is 6. The largest absolute Gasteiger partial charge is 0.493 e. The fourth-order valence-electron chi connectivity index (χ4n) is 3.42. The second-order valence-corrected chi connectivity index (χ2v) is 11.9. The first-order valence-electron chi connectivity index (χ1n) is 10.6. The molecule has 0 amide bonds. The molecule has 0 unspecified atom stereocenters. The highest BCUT2D eigenvalue weighted by atomic mass is 32.2. The number of rotatable bonds is 10. The highest BCUT2D eigenvalue weighted by Gasteiger charge is 2.26. The Bertz CT molecular complexity index is 1330. The predicted molar refractivity (Wildman–Crippen MR) is 129 cm³/mol. The molecule has 3 aromatic rings. The Morgan fingerprint density at radius 3 is 2.21 bits per heavy atom. The van der Waals surface area contributed by atoms with Crippen LogP contribution in [0.1, 0.15) is 26.3 Å². The summed E-state index contributed by atoms with van der Waals surface area (Å²) >= 11 is 0. The molecule has 178 valence electrons. The number of benzene rings is 3. The van der Waals surface area contributed by atoms with E-state index < -0.39 is 20.1 Å². The van der Waals surface area contributed by atoms with Gasteiger partial charge in [-0.2, -0.15) is 12.7 Å². The van der Waals surface area contributed by atoms with E-state index in [0.29, 0.717) is 12.1 Å². The number of sulfonamides is 1. The van der Waals surface area contributed by atoms with Gasteiger partial charge in [-0.25, -0.2) is 8.42 Å². The van der Waals surface area contributed by atoms with E-state index in [1.54, 1.807) is 30.3 Å². The topological polar surface area (TPSA) is 90.0 Å². The molecule has 0 bridgehead atoms. The summed E-state index contributed by atoms with van der Waals surface area (Å²) in [5.41, 5.74) is 0.585. The summed E-state index contributed by atoms with van der Waals surface area (Å²) in [5, 5.41) is 1.80. The van der Waals surface area contributed by atoms with Gasteiger partial charge in [0.1, 0.15) is 0 Å². The second-order valence-electron chi connectivity index (χ2n) is 8.12. The van der Waals surface area contributed by atoms with E-state index >= 15 is 0 Å². The molecule has 0 fully saturated rings. The van der Waals surface area contributed by atoms with E-state index in [1.165, 1.54) is 24.4 Å². The SMILES string of the molecule is CCS(=O)(=O)Oc1cc(CN(CC(C)C)S(=O)(=O)c2ccc3ccccc3c2)ccc1OC. The van der Waals surface area contributed by atoms with Gasteiger partial charge in [0.2, 0.25) is 10.0 Å². The molecule has 0 aliphatic carbocycles. The summed E-state index contributed by atoms with van der Waals surface area (Å²) in [7, 11) is -6.17. The van der Waals surface area contributed by atoms with Crippen LogP contribution >= 0.6 is 0 Å². The average Bonchev–Trinajstić information content (AvgIpc) is 2.78. The van der Waals surface area contributed by atoms with Gasteiger partial charge < -0.3 is 8.92 Å². The normalized spacial score (nSPS) is 12.4. The number of nitrogens with zero attached hydrogens (tertiary/aromatic N) is 1. The lowest BCUT2D eigenvalue weighted by Gasteiger charge is -2.25. The molecule has 33 heavy (non-hydrogen) atoms. The fraction of sp³-hybridized carbons (Fsp3) is 0.333. The molecule has 0 N–H and O–H groups in total. The molecule has 9 heteroatoms. The molecule has 0 aliphatic heterocycles. The Kier molecular flexibility index (Phi) is 7.66. The maximum Gasteiger partial charge on any atom is 0.309 e. The molecule has 0 aliphatic rings.